The van der Waals surface area contributed by atoms with Gasteiger partial charge in [-0.1, -0.05) is 47.5 Å². The van der Waals surface area contributed by atoms with Crippen molar-refractivity contribution in [2.24, 2.45) is 0 Å². The number of hydrogen-bond donors (Lipinski definition) is 0. The second-order valence-electron chi connectivity index (χ2n) is 1.93. The van der Waals surface area contributed by atoms with E-state index in [9.17, 15) is 38.9 Å². The van der Waals surface area contributed by atoms with Crippen molar-refractivity contribution in [2.75, 3.05) is 0 Å². The Kier molecular flexibility index (Phi) is 1.79. The van der Waals surface area contributed by atoms with Crippen LogP contribution < -0.4 is 0 Å². The van der Waals surface area contributed by atoms with E-state index in [1.165, 1.54) is 0 Å². The molecule has 0 aliphatic rings. The second-order valence-corrected chi connectivity index (χ2v) is 5.80. The van der Waals surface area contributed by atoms with Gasteiger partial charge in [-0.15, -0.1) is 0 Å². The van der Waals surface area contributed by atoms with E-state index >= 15 is 0 Å². The first-order chi connectivity index (χ1) is 5.16. The molecule has 14 heteroatoms. The zero-order valence-corrected chi connectivity index (χ0v) is 7.05. The summed E-state index contributed by atoms with van der Waals surface area (Å²) in [5.74, 6) is 0. The van der Waals surface area contributed by atoms with Crippen LogP contribution in [0.5, 0.6) is 0 Å². The Morgan fingerprint density at radius 3 is 0.643 bits per heavy atom. The summed E-state index contributed by atoms with van der Waals surface area (Å²) in [7, 11) is -22.3. The van der Waals surface area contributed by atoms with Crippen molar-refractivity contribution < 1.29 is 47.5 Å². The molecule has 2 nitrogen and oxygen atoms in total. The van der Waals surface area contributed by atoms with Gasteiger partial charge in [0.25, 0.3) is 0 Å². The highest BCUT2D eigenvalue weighted by atomic mass is 32.5. The van der Waals surface area contributed by atoms with Crippen LogP contribution in [0.3, 0.4) is 0 Å². The minimum absolute atomic E-state index is 0.637. The first kappa shape index (κ1) is 13.9. The number of rotatable bonds is 3. The lowest BCUT2D eigenvalue weighted by molar-refractivity contribution is -0.173. The summed E-state index contributed by atoms with van der Waals surface area (Å²) in [4.78, 5) is 0. The fourth-order valence-electron chi connectivity index (χ4n) is 0.105. The lowest BCUT2D eigenvalue weighted by Crippen LogP contribution is -2.18. The fraction of sp³-hybridized carbons (Fsp3) is 0. The predicted molar refractivity (Wildman–Crippen MR) is 28.4 cm³/mol. The summed E-state index contributed by atoms with van der Waals surface area (Å²) in [6, 6.07) is 0. The van der Waals surface area contributed by atoms with Gasteiger partial charge in [0.15, 0.2) is 0 Å². The summed E-state index contributed by atoms with van der Waals surface area (Å²) in [6.45, 7) is 0. The summed E-state index contributed by atoms with van der Waals surface area (Å²) in [5.41, 5.74) is 0. The first-order valence-corrected chi connectivity index (χ1v) is 5.80. The normalized spacial score (nSPS) is 24.4. The topological polar surface area (TPSA) is 18.5 Å². The molecule has 0 bridgehead atoms. The van der Waals surface area contributed by atoms with E-state index in [0.717, 1.165) is 0 Å². The van der Waals surface area contributed by atoms with E-state index in [4.69, 9.17) is 0 Å². The summed E-state index contributed by atoms with van der Waals surface area (Å²) in [6.07, 6.45) is 0. The molecule has 0 atom stereocenters. The quantitative estimate of drug-likeness (QED) is 0.395. The van der Waals surface area contributed by atoms with Gasteiger partial charge in [0, 0.05) is 0 Å². The van der Waals surface area contributed by atoms with Crippen LogP contribution in [0, 0.1) is 0 Å². The molecule has 0 saturated carbocycles. The summed E-state index contributed by atoms with van der Waals surface area (Å²) in [5, 5.41) is 0. The Hall–Kier alpha value is -0.0800. The molecule has 0 amide bonds. The minimum atomic E-state index is -11.1. The third-order valence-electron chi connectivity index (χ3n) is 0.285. The second kappa shape index (κ2) is 1.80. The van der Waals surface area contributed by atoms with E-state index in [0.29, 0.717) is 8.67 Å². The zero-order valence-electron chi connectivity index (χ0n) is 5.41. The maximum atomic E-state index is 10.9. The van der Waals surface area contributed by atoms with Crippen molar-refractivity contribution in [3.05, 3.63) is 0 Å². The van der Waals surface area contributed by atoms with Crippen LogP contribution in [0.25, 0.3) is 0 Å². The van der Waals surface area contributed by atoms with Crippen molar-refractivity contribution >= 4 is 21.0 Å². The molecule has 0 rings (SSSR count). The van der Waals surface area contributed by atoms with Crippen molar-refractivity contribution in [3.63, 3.8) is 0 Å². The standard InChI is InChI=1S/F10O2S2/c1-13(2,3,4,5)11-12-14(6,7,8,9)10. The third-order valence-corrected chi connectivity index (χ3v) is 1.02. The number of halogens is 10. The van der Waals surface area contributed by atoms with E-state index in [1.54, 1.807) is 0 Å². The molecule has 0 fully saturated rings. The number of hydrogen-bond acceptors (Lipinski definition) is 2. The molecule has 0 heterocycles. The monoisotopic (exact) mass is 286 g/mol. The van der Waals surface area contributed by atoms with Crippen molar-refractivity contribution in [3.8, 4) is 0 Å². The molecule has 94 valence electrons. The highest BCUT2D eigenvalue weighted by molar-refractivity contribution is 8.43. The van der Waals surface area contributed by atoms with Gasteiger partial charge in [0.2, 0.25) is 0 Å². The molecule has 0 N–H and O–H groups in total. The molecular weight excluding hydrogens is 286 g/mol. The van der Waals surface area contributed by atoms with Crippen LogP contribution >= 0.6 is 21.0 Å². The van der Waals surface area contributed by atoms with Gasteiger partial charge < -0.3 is 0 Å². The van der Waals surface area contributed by atoms with Crippen molar-refractivity contribution in [1.29, 1.82) is 0 Å². The Labute approximate surface area is 69.5 Å². The molecule has 0 aromatic heterocycles. The van der Waals surface area contributed by atoms with Gasteiger partial charge in [0.05, 0.1) is 0 Å². The Morgan fingerprint density at radius 2 is 0.571 bits per heavy atom. The highest BCUT2D eigenvalue weighted by Crippen LogP contribution is 3.04. The molecule has 0 aliphatic carbocycles. The van der Waals surface area contributed by atoms with Crippen LogP contribution in [0.2, 0.25) is 0 Å². The van der Waals surface area contributed by atoms with E-state index in [2.05, 4.69) is 0 Å². The Morgan fingerprint density at radius 1 is 0.429 bits per heavy atom. The minimum Gasteiger partial charge on any atom is -0.0736 e. The van der Waals surface area contributed by atoms with Crippen molar-refractivity contribution in [1.82, 2.24) is 0 Å². The zero-order chi connectivity index (χ0) is 12.2. The smallest absolute Gasteiger partial charge is 0.0736 e. The summed E-state index contributed by atoms with van der Waals surface area (Å²) >= 11 is 0. The first-order valence-electron chi connectivity index (χ1n) is 2.04. The molecular formula is F10O2S2. The SMILES string of the molecule is FS(F)(F)(F)(F)OOS(F)(F)(F)(F)F. The molecule has 14 heavy (non-hydrogen) atoms. The maximum Gasteiger partial charge on any atom is 0.423 e. The molecule has 0 saturated heterocycles. The molecule has 0 aromatic rings. The fourth-order valence-corrected chi connectivity index (χ4v) is 0.945. The van der Waals surface area contributed by atoms with E-state index in [-0.39, 0.29) is 0 Å². The molecule has 0 radical (unpaired) electrons. The average molecular weight is 286 g/mol. The lowest BCUT2D eigenvalue weighted by atomic mass is 14.9. The lowest BCUT2D eigenvalue weighted by Gasteiger charge is -2.43. The van der Waals surface area contributed by atoms with Gasteiger partial charge in [-0.3, -0.25) is 0 Å². The van der Waals surface area contributed by atoms with Gasteiger partial charge >= 0.3 is 21.0 Å². The van der Waals surface area contributed by atoms with Crippen LogP contribution in [0.4, 0.5) is 38.9 Å². The average Bonchev–Trinajstić information content (AvgIpc) is 1.49. The van der Waals surface area contributed by atoms with Gasteiger partial charge in [0.1, 0.15) is 0 Å². The maximum absolute atomic E-state index is 11.1. The van der Waals surface area contributed by atoms with Crippen LogP contribution in [-0.4, -0.2) is 0 Å². The molecule has 0 aliphatic heterocycles. The molecule has 0 spiro atoms. The largest absolute Gasteiger partial charge is 0.423 e. The predicted octanol–water partition coefficient (Wildman–Crippen LogP) is 5.36. The van der Waals surface area contributed by atoms with Gasteiger partial charge in [-0.2, -0.15) is 0 Å². The Bertz CT molecular complexity index is 214. The Balaban J connectivity index is 4.88. The van der Waals surface area contributed by atoms with Crippen LogP contribution in [0.15, 0.2) is 0 Å². The summed E-state index contributed by atoms with van der Waals surface area (Å²) < 4.78 is 111. The molecule has 0 unspecified atom stereocenters. The highest BCUT2D eigenvalue weighted by Gasteiger charge is 2.76. The van der Waals surface area contributed by atoms with Gasteiger partial charge in [-0.05, 0) is 0 Å². The van der Waals surface area contributed by atoms with Crippen LogP contribution in [0.1, 0.15) is 0 Å². The van der Waals surface area contributed by atoms with Crippen LogP contribution in [-0.2, 0) is 8.67 Å². The van der Waals surface area contributed by atoms with Crippen molar-refractivity contribution in [2.45, 2.75) is 0 Å². The molecule has 0 aromatic carbocycles. The van der Waals surface area contributed by atoms with E-state index < -0.39 is 21.0 Å². The van der Waals surface area contributed by atoms with E-state index in [1.807, 2.05) is 0 Å². The third kappa shape index (κ3) is 11.9. The van der Waals surface area contributed by atoms with Gasteiger partial charge in [-0.25, -0.2) is 0 Å².